The summed E-state index contributed by atoms with van der Waals surface area (Å²) in [7, 11) is 1.97. The van der Waals surface area contributed by atoms with E-state index in [0.29, 0.717) is 6.10 Å². The molecule has 2 rings (SSSR count). The zero-order chi connectivity index (χ0) is 9.97. The lowest BCUT2D eigenvalue weighted by Crippen LogP contribution is -2.21. The van der Waals surface area contributed by atoms with E-state index in [9.17, 15) is 0 Å². The minimum atomic E-state index is -0.00176. The summed E-state index contributed by atoms with van der Waals surface area (Å²) in [6.45, 7) is 0.887. The van der Waals surface area contributed by atoms with E-state index in [1.54, 1.807) is 6.20 Å². The fourth-order valence-corrected chi connectivity index (χ4v) is 1.95. The van der Waals surface area contributed by atoms with Crippen LogP contribution in [0.2, 0.25) is 0 Å². The molecular weight excluding hydrogens is 178 g/mol. The number of hydrogen-bond donors (Lipinski definition) is 1. The van der Waals surface area contributed by atoms with Crippen molar-refractivity contribution in [1.82, 2.24) is 9.55 Å². The number of imidazole rings is 1. The molecule has 1 aliphatic rings. The molecule has 4 nitrogen and oxygen atoms in total. The number of ether oxygens (including phenoxy) is 1. The maximum atomic E-state index is 6.06. The summed E-state index contributed by atoms with van der Waals surface area (Å²) in [6, 6.07) is -0.00176. The summed E-state index contributed by atoms with van der Waals surface area (Å²) < 4.78 is 7.52. The normalized spacial score (nSPS) is 24.0. The van der Waals surface area contributed by atoms with Crippen LogP contribution in [0.25, 0.3) is 0 Å². The first-order chi connectivity index (χ1) is 6.77. The molecule has 0 radical (unpaired) electrons. The molecule has 0 amide bonds. The van der Waals surface area contributed by atoms with Gasteiger partial charge >= 0.3 is 0 Å². The van der Waals surface area contributed by atoms with Gasteiger partial charge in [0.05, 0.1) is 12.1 Å². The van der Waals surface area contributed by atoms with E-state index in [2.05, 4.69) is 4.98 Å². The summed E-state index contributed by atoms with van der Waals surface area (Å²) in [4.78, 5) is 4.24. The van der Waals surface area contributed by atoms with Crippen molar-refractivity contribution < 1.29 is 4.74 Å². The Bertz CT molecular complexity index is 291. The van der Waals surface area contributed by atoms with E-state index < -0.39 is 0 Å². The van der Waals surface area contributed by atoms with E-state index in [1.165, 1.54) is 0 Å². The zero-order valence-corrected chi connectivity index (χ0v) is 8.52. The molecule has 4 heteroatoms. The molecule has 1 saturated heterocycles. The number of aryl methyl sites for hydroxylation is 1. The van der Waals surface area contributed by atoms with Crippen LogP contribution in [0.15, 0.2) is 12.4 Å². The minimum absolute atomic E-state index is 0.00176. The molecule has 0 spiro atoms. The van der Waals surface area contributed by atoms with Crippen molar-refractivity contribution in [2.24, 2.45) is 12.8 Å². The van der Waals surface area contributed by atoms with Gasteiger partial charge in [0, 0.05) is 26.0 Å². The highest BCUT2D eigenvalue weighted by molar-refractivity contribution is 4.98. The van der Waals surface area contributed by atoms with Crippen molar-refractivity contribution in [1.29, 1.82) is 0 Å². The average molecular weight is 195 g/mol. The Labute approximate surface area is 84.1 Å². The second-order valence-electron chi connectivity index (χ2n) is 3.87. The predicted octanol–water partition coefficient (Wildman–Crippen LogP) is 0.989. The van der Waals surface area contributed by atoms with Gasteiger partial charge in [-0.25, -0.2) is 4.98 Å². The van der Waals surface area contributed by atoms with E-state index >= 15 is 0 Å². The summed E-state index contributed by atoms with van der Waals surface area (Å²) in [6.07, 6.45) is 7.22. The van der Waals surface area contributed by atoms with Crippen LogP contribution in [-0.4, -0.2) is 22.3 Å². The molecule has 0 bridgehead atoms. The molecule has 1 aromatic heterocycles. The third kappa shape index (κ3) is 1.96. The van der Waals surface area contributed by atoms with E-state index in [-0.39, 0.29) is 6.04 Å². The molecule has 1 fully saturated rings. The first-order valence-electron chi connectivity index (χ1n) is 5.12. The van der Waals surface area contributed by atoms with Crippen LogP contribution in [0.5, 0.6) is 0 Å². The Kier molecular flexibility index (Phi) is 2.84. The van der Waals surface area contributed by atoms with Crippen molar-refractivity contribution in [3.8, 4) is 0 Å². The Morgan fingerprint density at radius 2 is 2.64 bits per heavy atom. The lowest BCUT2D eigenvalue weighted by molar-refractivity contribution is 0.0974. The largest absolute Gasteiger partial charge is 0.378 e. The van der Waals surface area contributed by atoms with Crippen molar-refractivity contribution in [2.75, 3.05) is 6.61 Å². The van der Waals surface area contributed by atoms with Crippen LogP contribution < -0.4 is 5.73 Å². The van der Waals surface area contributed by atoms with Crippen LogP contribution in [0, 0.1) is 0 Å². The molecule has 1 aliphatic heterocycles. The third-order valence-corrected chi connectivity index (χ3v) is 2.73. The van der Waals surface area contributed by atoms with Gasteiger partial charge in [0.15, 0.2) is 0 Å². The SMILES string of the molecule is Cn1ccnc1C(N)CC1CCCO1. The molecule has 2 atom stereocenters. The van der Waals surface area contributed by atoms with Gasteiger partial charge in [-0.15, -0.1) is 0 Å². The molecular formula is C10H17N3O. The van der Waals surface area contributed by atoms with Crippen molar-refractivity contribution >= 4 is 0 Å². The number of aromatic nitrogens is 2. The lowest BCUT2D eigenvalue weighted by Gasteiger charge is -2.15. The van der Waals surface area contributed by atoms with Crippen LogP contribution >= 0.6 is 0 Å². The van der Waals surface area contributed by atoms with Crippen LogP contribution in [0.3, 0.4) is 0 Å². The second kappa shape index (κ2) is 4.11. The summed E-state index contributed by atoms with van der Waals surface area (Å²) in [5, 5.41) is 0. The van der Waals surface area contributed by atoms with Gasteiger partial charge in [0.2, 0.25) is 0 Å². The Balaban J connectivity index is 1.95. The Hall–Kier alpha value is -0.870. The molecule has 2 N–H and O–H groups in total. The van der Waals surface area contributed by atoms with Gasteiger partial charge in [0.25, 0.3) is 0 Å². The molecule has 0 saturated carbocycles. The van der Waals surface area contributed by atoms with Crippen molar-refractivity contribution in [3.05, 3.63) is 18.2 Å². The van der Waals surface area contributed by atoms with E-state index in [1.807, 2.05) is 17.8 Å². The van der Waals surface area contributed by atoms with Crippen molar-refractivity contribution in [2.45, 2.75) is 31.4 Å². The fourth-order valence-electron chi connectivity index (χ4n) is 1.95. The van der Waals surface area contributed by atoms with E-state index in [0.717, 1.165) is 31.7 Å². The third-order valence-electron chi connectivity index (χ3n) is 2.73. The van der Waals surface area contributed by atoms with Gasteiger partial charge < -0.3 is 15.0 Å². The predicted molar refractivity (Wildman–Crippen MR) is 53.7 cm³/mol. The highest BCUT2D eigenvalue weighted by Gasteiger charge is 2.21. The van der Waals surface area contributed by atoms with Gasteiger partial charge in [0.1, 0.15) is 5.82 Å². The van der Waals surface area contributed by atoms with Crippen LogP contribution in [0.4, 0.5) is 0 Å². The highest BCUT2D eigenvalue weighted by atomic mass is 16.5. The highest BCUT2D eigenvalue weighted by Crippen LogP contribution is 2.22. The first-order valence-corrected chi connectivity index (χ1v) is 5.12. The van der Waals surface area contributed by atoms with Crippen LogP contribution in [-0.2, 0) is 11.8 Å². The Morgan fingerprint density at radius 3 is 3.21 bits per heavy atom. The molecule has 0 aromatic carbocycles. The average Bonchev–Trinajstić information content (AvgIpc) is 2.75. The number of nitrogens with zero attached hydrogens (tertiary/aromatic N) is 2. The van der Waals surface area contributed by atoms with Gasteiger partial charge in [-0.05, 0) is 19.3 Å². The smallest absolute Gasteiger partial charge is 0.125 e. The summed E-state index contributed by atoms with van der Waals surface area (Å²) in [5.74, 6) is 0.945. The molecule has 78 valence electrons. The monoisotopic (exact) mass is 195 g/mol. The number of hydrogen-bond acceptors (Lipinski definition) is 3. The van der Waals surface area contributed by atoms with Crippen LogP contribution in [0.1, 0.15) is 31.1 Å². The van der Waals surface area contributed by atoms with Crippen molar-refractivity contribution in [3.63, 3.8) is 0 Å². The first kappa shape index (κ1) is 9.68. The Morgan fingerprint density at radius 1 is 1.79 bits per heavy atom. The molecule has 1 aromatic rings. The molecule has 2 unspecified atom stereocenters. The number of nitrogens with two attached hydrogens (primary N) is 1. The zero-order valence-electron chi connectivity index (χ0n) is 8.52. The van der Waals surface area contributed by atoms with Gasteiger partial charge in [-0.1, -0.05) is 0 Å². The van der Waals surface area contributed by atoms with E-state index in [4.69, 9.17) is 10.5 Å². The second-order valence-corrected chi connectivity index (χ2v) is 3.87. The number of rotatable bonds is 3. The maximum absolute atomic E-state index is 6.06. The molecule has 2 heterocycles. The molecule has 14 heavy (non-hydrogen) atoms. The topological polar surface area (TPSA) is 53.1 Å². The quantitative estimate of drug-likeness (QED) is 0.782. The standard InChI is InChI=1S/C10H17N3O/c1-13-5-4-12-10(13)9(11)7-8-3-2-6-14-8/h4-5,8-9H,2-3,6-7,11H2,1H3. The maximum Gasteiger partial charge on any atom is 0.125 e. The van der Waals surface area contributed by atoms with Gasteiger partial charge in [-0.3, -0.25) is 0 Å². The molecule has 0 aliphatic carbocycles. The lowest BCUT2D eigenvalue weighted by atomic mass is 10.1. The summed E-state index contributed by atoms with van der Waals surface area (Å²) >= 11 is 0. The van der Waals surface area contributed by atoms with Gasteiger partial charge in [-0.2, -0.15) is 0 Å². The minimum Gasteiger partial charge on any atom is -0.378 e. The summed E-state index contributed by atoms with van der Waals surface area (Å²) in [5.41, 5.74) is 6.06. The fraction of sp³-hybridized carbons (Fsp3) is 0.700.